The second-order valence-electron chi connectivity index (χ2n) is 6.93. The number of carbonyl (C=O) groups excluding carboxylic acids is 3. The fourth-order valence-electron chi connectivity index (χ4n) is 3.64. The number of nitrogens with zero attached hydrogens (tertiary/aromatic N) is 3. The molecule has 26 heavy (non-hydrogen) atoms. The van der Waals surface area contributed by atoms with Crippen molar-refractivity contribution in [2.75, 3.05) is 39.3 Å². The van der Waals surface area contributed by atoms with Crippen LogP contribution < -0.4 is 0 Å². The summed E-state index contributed by atoms with van der Waals surface area (Å²) in [7, 11) is 0. The lowest BCUT2D eigenvalue weighted by molar-refractivity contribution is -0.133. The van der Waals surface area contributed by atoms with Crippen molar-refractivity contribution < 1.29 is 14.4 Å². The standard InChI is InChI=1S/C20H27N3O3/c1-2-21-12-14-22(15-13-21)18(24)10-4-3-7-11-23-19(25)16-8-5-6-9-17(16)20(23)26/h5-6,8-9H,2-4,7,10-15H2,1H3. The zero-order valence-electron chi connectivity index (χ0n) is 15.4. The second-order valence-corrected chi connectivity index (χ2v) is 6.93. The zero-order chi connectivity index (χ0) is 18.5. The number of rotatable bonds is 7. The van der Waals surface area contributed by atoms with Gasteiger partial charge in [0, 0.05) is 39.1 Å². The molecule has 0 saturated carbocycles. The first-order chi connectivity index (χ1) is 12.6. The van der Waals surface area contributed by atoms with Crippen LogP contribution in [0.2, 0.25) is 0 Å². The van der Waals surface area contributed by atoms with Gasteiger partial charge in [-0.15, -0.1) is 0 Å². The summed E-state index contributed by atoms with van der Waals surface area (Å²) >= 11 is 0. The van der Waals surface area contributed by atoms with Gasteiger partial charge in [0.2, 0.25) is 5.91 Å². The third-order valence-electron chi connectivity index (χ3n) is 5.32. The molecule has 1 saturated heterocycles. The number of unbranched alkanes of at least 4 members (excludes halogenated alkanes) is 2. The average Bonchev–Trinajstić information content (AvgIpc) is 2.92. The van der Waals surface area contributed by atoms with Crippen molar-refractivity contribution in [3.63, 3.8) is 0 Å². The quantitative estimate of drug-likeness (QED) is 0.553. The van der Waals surface area contributed by atoms with Crippen LogP contribution in [0.25, 0.3) is 0 Å². The third-order valence-corrected chi connectivity index (χ3v) is 5.32. The maximum absolute atomic E-state index is 12.3. The van der Waals surface area contributed by atoms with E-state index in [4.69, 9.17) is 0 Å². The topological polar surface area (TPSA) is 60.9 Å². The Labute approximate surface area is 154 Å². The van der Waals surface area contributed by atoms with Gasteiger partial charge in [0.05, 0.1) is 11.1 Å². The Morgan fingerprint density at radius 3 is 2.12 bits per heavy atom. The van der Waals surface area contributed by atoms with E-state index in [0.29, 0.717) is 24.1 Å². The van der Waals surface area contributed by atoms with E-state index < -0.39 is 0 Å². The highest BCUT2D eigenvalue weighted by Gasteiger charge is 2.34. The third kappa shape index (κ3) is 3.96. The van der Waals surface area contributed by atoms with Crippen LogP contribution in [0.15, 0.2) is 24.3 Å². The van der Waals surface area contributed by atoms with E-state index in [1.807, 2.05) is 4.90 Å². The summed E-state index contributed by atoms with van der Waals surface area (Å²) in [4.78, 5) is 42.4. The maximum atomic E-state index is 12.3. The lowest BCUT2D eigenvalue weighted by Crippen LogP contribution is -2.48. The van der Waals surface area contributed by atoms with Crippen LogP contribution in [0.4, 0.5) is 0 Å². The SMILES string of the molecule is CCN1CCN(C(=O)CCCCCN2C(=O)c3ccccc3C2=O)CC1. The first kappa shape index (κ1) is 18.6. The Morgan fingerprint density at radius 1 is 0.923 bits per heavy atom. The molecule has 3 amide bonds. The molecule has 1 aromatic rings. The van der Waals surface area contributed by atoms with Gasteiger partial charge in [-0.05, 0) is 31.5 Å². The van der Waals surface area contributed by atoms with E-state index in [0.717, 1.165) is 52.0 Å². The molecule has 0 aliphatic carbocycles. The summed E-state index contributed by atoms with van der Waals surface area (Å²) in [6.07, 6.45) is 2.93. The minimum atomic E-state index is -0.199. The van der Waals surface area contributed by atoms with Crippen LogP contribution in [0.3, 0.4) is 0 Å². The molecule has 2 aliphatic heterocycles. The van der Waals surface area contributed by atoms with Crippen LogP contribution in [0, 0.1) is 0 Å². The van der Waals surface area contributed by atoms with Crippen molar-refractivity contribution in [1.29, 1.82) is 0 Å². The Balaban J connectivity index is 1.36. The van der Waals surface area contributed by atoms with Crippen molar-refractivity contribution in [1.82, 2.24) is 14.7 Å². The van der Waals surface area contributed by atoms with Gasteiger partial charge in [-0.2, -0.15) is 0 Å². The first-order valence-corrected chi connectivity index (χ1v) is 9.57. The summed E-state index contributed by atoms with van der Waals surface area (Å²) in [5.74, 6) is -0.174. The van der Waals surface area contributed by atoms with Crippen molar-refractivity contribution in [2.24, 2.45) is 0 Å². The molecule has 0 aromatic heterocycles. The Bertz CT molecular complexity index is 646. The van der Waals surface area contributed by atoms with E-state index >= 15 is 0 Å². The highest BCUT2D eigenvalue weighted by atomic mass is 16.2. The molecule has 0 bridgehead atoms. The van der Waals surface area contributed by atoms with E-state index in [9.17, 15) is 14.4 Å². The smallest absolute Gasteiger partial charge is 0.261 e. The number of carbonyl (C=O) groups is 3. The monoisotopic (exact) mass is 357 g/mol. The fraction of sp³-hybridized carbons (Fsp3) is 0.550. The zero-order valence-corrected chi connectivity index (χ0v) is 15.4. The van der Waals surface area contributed by atoms with Crippen LogP contribution in [-0.4, -0.2) is 71.7 Å². The molecule has 3 rings (SSSR count). The second kappa shape index (κ2) is 8.45. The average molecular weight is 357 g/mol. The van der Waals surface area contributed by atoms with E-state index in [1.165, 1.54) is 4.90 Å². The van der Waals surface area contributed by atoms with Crippen LogP contribution in [0.5, 0.6) is 0 Å². The van der Waals surface area contributed by atoms with Gasteiger partial charge in [0.15, 0.2) is 0 Å². The fourth-order valence-corrected chi connectivity index (χ4v) is 3.64. The number of hydrogen-bond donors (Lipinski definition) is 0. The molecule has 2 aliphatic rings. The molecular formula is C20H27N3O3. The van der Waals surface area contributed by atoms with E-state index in [2.05, 4.69) is 11.8 Å². The molecule has 1 aromatic carbocycles. The number of hydrogen-bond acceptors (Lipinski definition) is 4. The molecular weight excluding hydrogens is 330 g/mol. The number of fused-ring (bicyclic) bond motifs is 1. The van der Waals surface area contributed by atoms with Gasteiger partial charge >= 0.3 is 0 Å². The molecule has 0 radical (unpaired) electrons. The molecule has 0 unspecified atom stereocenters. The predicted molar refractivity (Wildman–Crippen MR) is 99.0 cm³/mol. The Kier molecular flexibility index (Phi) is 6.04. The minimum Gasteiger partial charge on any atom is -0.340 e. The lowest BCUT2D eigenvalue weighted by atomic mass is 10.1. The molecule has 2 heterocycles. The van der Waals surface area contributed by atoms with Gasteiger partial charge in [-0.1, -0.05) is 25.5 Å². The van der Waals surface area contributed by atoms with Gasteiger partial charge in [0.25, 0.3) is 11.8 Å². The van der Waals surface area contributed by atoms with Crippen molar-refractivity contribution >= 4 is 17.7 Å². The van der Waals surface area contributed by atoms with Gasteiger partial charge in [0.1, 0.15) is 0 Å². The summed E-state index contributed by atoms with van der Waals surface area (Å²) in [6, 6.07) is 6.96. The Morgan fingerprint density at radius 2 is 1.54 bits per heavy atom. The highest BCUT2D eigenvalue weighted by Crippen LogP contribution is 2.22. The maximum Gasteiger partial charge on any atom is 0.261 e. The lowest BCUT2D eigenvalue weighted by Gasteiger charge is -2.34. The highest BCUT2D eigenvalue weighted by molar-refractivity contribution is 6.21. The molecule has 6 nitrogen and oxygen atoms in total. The summed E-state index contributed by atoms with van der Waals surface area (Å²) in [5.41, 5.74) is 0.998. The largest absolute Gasteiger partial charge is 0.340 e. The first-order valence-electron chi connectivity index (χ1n) is 9.57. The van der Waals surface area contributed by atoms with Gasteiger partial charge in [-0.3, -0.25) is 19.3 Å². The molecule has 0 spiro atoms. The van der Waals surface area contributed by atoms with E-state index in [-0.39, 0.29) is 17.7 Å². The molecule has 140 valence electrons. The summed E-state index contributed by atoms with van der Waals surface area (Å²) in [5, 5.41) is 0. The van der Waals surface area contributed by atoms with Crippen molar-refractivity contribution in [3.05, 3.63) is 35.4 Å². The normalized spacial score (nSPS) is 17.7. The molecule has 1 fully saturated rings. The number of imide groups is 1. The van der Waals surface area contributed by atoms with Crippen LogP contribution in [-0.2, 0) is 4.79 Å². The number of benzene rings is 1. The van der Waals surface area contributed by atoms with Crippen LogP contribution in [0.1, 0.15) is 53.3 Å². The number of likely N-dealkylation sites (N-methyl/N-ethyl adjacent to an activating group) is 1. The van der Waals surface area contributed by atoms with Crippen molar-refractivity contribution in [2.45, 2.75) is 32.6 Å². The van der Waals surface area contributed by atoms with E-state index in [1.54, 1.807) is 24.3 Å². The predicted octanol–water partition coefficient (Wildman–Crippen LogP) is 2.01. The molecule has 0 atom stereocenters. The number of piperazine rings is 1. The van der Waals surface area contributed by atoms with Gasteiger partial charge in [-0.25, -0.2) is 0 Å². The number of amides is 3. The summed E-state index contributed by atoms with van der Waals surface area (Å²) < 4.78 is 0. The van der Waals surface area contributed by atoms with Crippen LogP contribution >= 0.6 is 0 Å². The Hall–Kier alpha value is -2.21. The summed E-state index contributed by atoms with van der Waals surface area (Å²) in [6.45, 7) is 7.18. The molecule has 6 heteroatoms. The molecule has 0 N–H and O–H groups in total. The minimum absolute atomic E-state index is 0.199. The van der Waals surface area contributed by atoms with Gasteiger partial charge < -0.3 is 9.80 Å². The van der Waals surface area contributed by atoms with Crippen molar-refractivity contribution in [3.8, 4) is 0 Å².